The molecule has 1 aromatic carbocycles. The maximum Gasteiger partial charge on any atom is 0.280 e. The summed E-state index contributed by atoms with van der Waals surface area (Å²) in [6, 6.07) is 13.6. The van der Waals surface area contributed by atoms with E-state index in [2.05, 4.69) is 30.4 Å². The fourth-order valence-electron chi connectivity index (χ4n) is 3.16. The second-order valence-electron chi connectivity index (χ2n) is 7.21. The Balaban J connectivity index is 1.40. The lowest BCUT2D eigenvalue weighted by Crippen LogP contribution is -2.05. The molecular weight excluding hydrogens is 394 g/mol. The third-order valence-corrected chi connectivity index (χ3v) is 5.00. The van der Waals surface area contributed by atoms with Gasteiger partial charge in [-0.3, -0.25) is 4.98 Å². The number of rotatable bonds is 5. The summed E-state index contributed by atoms with van der Waals surface area (Å²) in [6.45, 7) is 6.26. The fraction of sp³-hybridized carbons (Fsp3) is 0.182. The van der Waals surface area contributed by atoms with Crippen LogP contribution in [-0.4, -0.2) is 35.1 Å². The van der Waals surface area contributed by atoms with Crippen LogP contribution in [-0.2, 0) is 6.54 Å². The monoisotopic (exact) mass is 413 g/mol. The summed E-state index contributed by atoms with van der Waals surface area (Å²) in [7, 11) is 0. The van der Waals surface area contributed by atoms with Crippen molar-refractivity contribution in [2.24, 2.45) is 0 Å². The molecule has 4 heterocycles. The van der Waals surface area contributed by atoms with Crippen LogP contribution in [0.2, 0.25) is 0 Å². The van der Waals surface area contributed by atoms with Gasteiger partial charge in [0.25, 0.3) is 5.89 Å². The Labute approximate surface area is 177 Å². The second-order valence-corrected chi connectivity index (χ2v) is 7.21. The molecule has 0 atom stereocenters. The molecule has 0 aliphatic heterocycles. The summed E-state index contributed by atoms with van der Waals surface area (Å²) in [5.74, 6) is 2.02. The Morgan fingerprint density at radius 3 is 2.55 bits per heavy atom. The van der Waals surface area contributed by atoms with Crippen molar-refractivity contribution in [3.63, 3.8) is 0 Å². The van der Waals surface area contributed by atoms with Crippen LogP contribution in [0.25, 0.3) is 34.6 Å². The Morgan fingerprint density at radius 1 is 0.935 bits per heavy atom. The number of aromatic nitrogens is 7. The number of oxazole rings is 1. The van der Waals surface area contributed by atoms with E-state index in [0.717, 1.165) is 22.7 Å². The van der Waals surface area contributed by atoms with Crippen LogP contribution in [0.15, 0.2) is 57.6 Å². The smallest absolute Gasteiger partial charge is 0.280 e. The quantitative estimate of drug-likeness (QED) is 0.425. The lowest BCUT2D eigenvalue weighted by molar-refractivity contribution is 0.430. The Hall–Kier alpha value is -4.14. The molecule has 5 aromatic rings. The average Bonchev–Trinajstić information content (AvgIpc) is 3.50. The van der Waals surface area contributed by atoms with Gasteiger partial charge >= 0.3 is 0 Å². The van der Waals surface area contributed by atoms with Crippen molar-refractivity contribution in [1.29, 1.82) is 0 Å². The van der Waals surface area contributed by atoms with E-state index in [1.807, 2.05) is 63.2 Å². The summed E-state index contributed by atoms with van der Waals surface area (Å²) in [4.78, 5) is 13.3. The molecule has 5 rings (SSSR count). The molecule has 154 valence electrons. The molecule has 9 nitrogen and oxygen atoms in total. The summed E-state index contributed by atoms with van der Waals surface area (Å²) in [5.41, 5.74) is 4.85. The maximum absolute atomic E-state index is 5.88. The molecule has 0 unspecified atom stereocenters. The number of aryl methyl sites for hydroxylation is 2. The molecule has 0 bridgehead atoms. The minimum Gasteiger partial charge on any atom is -0.441 e. The van der Waals surface area contributed by atoms with Crippen LogP contribution < -0.4 is 0 Å². The van der Waals surface area contributed by atoms with Gasteiger partial charge in [0, 0.05) is 11.8 Å². The molecule has 0 radical (unpaired) electrons. The Morgan fingerprint density at radius 2 is 1.77 bits per heavy atom. The molecule has 0 saturated heterocycles. The number of nitrogens with zero attached hydrogens (tertiary/aromatic N) is 7. The van der Waals surface area contributed by atoms with E-state index in [0.29, 0.717) is 35.5 Å². The van der Waals surface area contributed by atoms with Gasteiger partial charge in [-0.25, -0.2) is 9.67 Å². The highest BCUT2D eigenvalue weighted by Crippen LogP contribution is 2.25. The van der Waals surface area contributed by atoms with Crippen molar-refractivity contribution < 1.29 is 8.94 Å². The molecule has 0 aliphatic carbocycles. The zero-order valence-corrected chi connectivity index (χ0v) is 17.3. The van der Waals surface area contributed by atoms with Gasteiger partial charge in [-0.15, -0.1) is 5.10 Å². The van der Waals surface area contributed by atoms with Gasteiger partial charge < -0.3 is 8.94 Å². The molecule has 4 aromatic heterocycles. The van der Waals surface area contributed by atoms with Gasteiger partial charge in [0.15, 0.2) is 5.69 Å². The minimum absolute atomic E-state index is 0.293. The first-order valence-corrected chi connectivity index (χ1v) is 9.77. The van der Waals surface area contributed by atoms with Crippen LogP contribution >= 0.6 is 0 Å². The first kappa shape index (κ1) is 18.9. The summed E-state index contributed by atoms with van der Waals surface area (Å²) in [5, 5.41) is 12.5. The first-order chi connectivity index (χ1) is 15.1. The van der Waals surface area contributed by atoms with Crippen molar-refractivity contribution in [3.05, 3.63) is 71.4 Å². The van der Waals surface area contributed by atoms with E-state index < -0.39 is 0 Å². The van der Waals surface area contributed by atoms with E-state index in [9.17, 15) is 0 Å². The van der Waals surface area contributed by atoms with Gasteiger partial charge in [-0.1, -0.05) is 34.1 Å². The first-order valence-electron chi connectivity index (χ1n) is 9.77. The Kier molecular flexibility index (Phi) is 4.62. The third-order valence-electron chi connectivity index (χ3n) is 5.00. The van der Waals surface area contributed by atoms with Gasteiger partial charge in [-0.2, -0.15) is 4.98 Å². The molecule has 0 saturated carbocycles. The summed E-state index contributed by atoms with van der Waals surface area (Å²) >= 11 is 0. The zero-order chi connectivity index (χ0) is 21.4. The highest BCUT2D eigenvalue weighted by Gasteiger charge is 2.20. The van der Waals surface area contributed by atoms with Crippen molar-refractivity contribution in [1.82, 2.24) is 35.1 Å². The van der Waals surface area contributed by atoms with E-state index in [1.165, 1.54) is 5.56 Å². The van der Waals surface area contributed by atoms with Crippen LogP contribution in [0.1, 0.15) is 22.7 Å². The van der Waals surface area contributed by atoms with E-state index in [4.69, 9.17) is 8.94 Å². The fourth-order valence-corrected chi connectivity index (χ4v) is 3.16. The van der Waals surface area contributed by atoms with Crippen molar-refractivity contribution in [2.45, 2.75) is 27.3 Å². The SMILES string of the molecule is Cc1ccc(-c2nc(Cn3nnc(-c4nc(-c5ccccn5)no4)c3C)c(C)o2)cc1. The molecule has 0 aliphatic rings. The normalized spacial score (nSPS) is 11.2. The van der Waals surface area contributed by atoms with E-state index in [-0.39, 0.29) is 0 Å². The molecular formula is C22H19N7O2. The van der Waals surface area contributed by atoms with Crippen LogP contribution in [0, 0.1) is 20.8 Å². The minimum atomic E-state index is 0.293. The topological polar surface area (TPSA) is 109 Å². The van der Waals surface area contributed by atoms with Gasteiger partial charge in [0.1, 0.15) is 17.1 Å². The average molecular weight is 413 g/mol. The predicted octanol–water partition coefficient (Wildman–Crippen LogP) is 4.02. The highest BCUT2D eigenvalue weighted by molar-refractivity contribution is 5.56. The number of pyridine rings is 1. The van der Waals surface area contributed by atoms with E-state index in [1.54, 1.807) is 10.9 Å². The van der Waals surface area contributed by atoms with Crippen molar-refractivity contribution in [2.75, 3.05) is 0 Å². The summed E-state index contributed by atoms with van der Waals surface area (Å²) < 4.78 is 13.0. The van der Waals surface area contributed by atoms with Crippen LogP contribution in [0.5, 0.6) is 0 Å². The lowest BCUT2D eigenvalue weighted by atomic mass is 10.1. The van der Waals surface area contributed by atoms with E-state index >= 15 is 0 Å². The maximum atomic E-state index is 5.88. The molecule has 31 heavy (non-hydrogen) atoms. The van der Waals surface area contributed by atoms with Gasteiger partial charge in [-0.05, 0) is 45.0 Å². The molecule has 9 heteroatoms. The van der Waals surface area contributed by atoms with Gasteiger partial charge in [0.2, 0.25) is 11.7 Å². The molecule has 0 N–H and O–H groups in total. The number of benzene rings is 1. The van der Waals surface area contributed by atoms with Gasteiger partial charge in [0.05, 0.1) is 12.2 Å². The van der Waals surface area contributed by atoms with Crippen molar-refractivity contribution in [3.8, 4) is 34.6 Å². The standard InChI is InChI=1S/C22H19N7O2/c1-13-7-9-16(10-8-13)21-24-18(15(3)30-21)12-29-14(2)19(26-28-29)22-25-20(27-31-22)17-6-4-5-11-23-17/h4-11H,12H2,1-3H3. The molecule has 0 spiro atoms. The lowest BCUT2D eigenvalue weighted by Gasteiger charge is -2.00. The van der Waals surface area contributed by atoms with Crippen LogP contribution in [0.3, 0.4) is 0 Å². The molecule has 0 amide bonds. The molecule has 0 fully saturated rings. The van der Waals surface area contributed by atoms with Crippen molar-refractivity contribution >= 4 is 0 Å². The Bertz CT molecular complexity index is 1330. The highest BCUT2D eigenvalue weighted by atomic mass is 16.5. The summed E-state index contributed by atoms with van der Waals surface area (Å²) in [6.07, 6.45) is 1.68. The van der Waals surface area contributed by atoms with Crippen LogP contribution in [0.4, 0.5) is 0 Å². The second kappa shape index (κ2) is 7.60. The predicted molar refractivity (Wildman–Crippen MR) is 112 cm³/mol. The third kappa shape index (κ3) is 3.61. The zero-order valence-electron chi connectivity index (χ0n) is 17.3. The number of hydrogen-bond acceptors (Lipinski definition) is 8. The number of hydrogen-bond donors (Lipinski definition) is 0. The largest absolute Gasteiger partial charge is 0.441 e.